The summed E-state index contributed by atoms with van der Waals surface area (Å²) in [5.74, 6) is 0. The van der Waals surface area contributed by atoms with Crippen LogP contribution in [0.25, 0.3) is 0 Å². The van der Waals surface area contributed by atoms with Crippen molar-refractivity contribution in [1.82, 2.24) is 0 Å². The topological polar surface area (TPSA) is 208 Å². The van der Waals surface area contributed by atoms with Gasteiger partial charge in [0.2, 0.25) is 0 Å². The molecule has 3 radical (unpaired) electrons. The van der Waals surface area contributed by atoms with Crippen LogP contribution in [-0.4, -0.2) is 39.3 Å². The fourth-order valence-electron chi connectivity index (χ4n) is 0. The minimum absolute atomic E-state index is 0. The van der Waals surface area contributed by atoms with Gasteiger partial charge in [-0.3, -0.25) is 22.0 Å². The van der Waals surface area contributed by atoms with Crippen LogP contribution in [0, 0.1) is 0 Å². The summed E-state index contributed by atoms with van der Waals surface area (Å²) in [6.45, 7) is 0. The second-order valence-electron chi connectivity index (χ2n) is 0.866. The van der Waals surface area contributed by atoms with Gasteiger partial charge in [0.1, 0.15) is 0 Å². The summed E-state index contributed by atoms with van der Waals surface area (Å²) in [5, 5.41) is 75.8. The first-order valence-electron chi connectivity index (χ1n) is 2.12. The zero-order chi connectivity index (χ0) is 10.7. The molecule has 19 heteroatoms. The van der Waals surface area contributed by atoms with Crippen molar-refractivity contribution in [2.45, 2.75) is 0 Å². The Morgan fingerprint density at radius 3 is 0.368 bits per heavy atom. The molecule has 0 spiro atoms. The minimum Gasteiger partial charge on any atom is -0.907 e. The fourth-order valence-corrected chi connectivity index (χ4v) is 0. The van der Waals surface area contributed by atoms with Crippen molar-refractivity contribution in [3.63, 3.8) is 0 Å². The molecule has 0 unspecified atom stereocenters. The third-order valence-electron chi connectivity index (χ3n) is 0. The number of hydrogen-bond acceptors (Lipinski definition) is 9. The maximum Gasteiger partial charge on any atom is 3.00 e. The Balaban J connectivity index is -0.00000000675. The third-order valence-corrected chi connectivity index (χ3v) is 0. The zero-order valence-electron chi connectivity index (χ0n) is 7.93. The van der Waals surface area contributed by atoms with Gasteiger partial charge in [0, 0.05) is 50.3 Å². The molecule has 0 aliphatic rings. The molecule has 0 saturated carbocycles. The first kappa shape index (κ1) is 66.8. The van der Waals surface area contributed by atoms with Crippen molar-refractivity contribution in [1.29, 1.82) is 0 Å². The Labute approximate surface area is 182 Å². The van der Waals surface area contributed by atoms with Gasteiger partial charge in [-0.15, -0.1) is 0 Å². The SMILES string of the molecule is [Al+3].[Co].[Co].[Co].[Ni+2].[Ni+2].[Ni+2].[O-]B([O-])[O-].[O-]B([O-])[O-].[O-]B([O-])[O-]. The van der Waals surface area contributed by atoms with E-state index in [1.54, 1.807) is 0 Å². The van der Waals surface area contributed by atoms with Crippen molar-refractivity contribution in [3.8, 4) is 0 Å². The van der Waals surface area contributed by atoms with E-state index in [-0.39, 0.29) is 117 Å². The Kier molecular flexibility index (Phi) is 204. The van der Waals surface area contributed by atoms with E-state index >= 15 is 0 Å². The molecule has 0 bridgehead atoms. The van der Waals surface area contributed by atoms with Crippen LogP contribution in [0.3, 0.4) is 0 Å². The molecule has 0 aliphatic heterocycles. The normalized spacial score (nSPS) is 4.26. The van der Waals surface area contributed by atoms with Crippen LogP contribution in [-0.2, 0) is 99.8 Å². The molecule has 0 aromatic rings. The molecule has 0 heterocycles. The van der Waals surface area contributed by atoms with Gasteiger partial charge in [-0.25, -0.2) is 0 Å². The second-order valence-corrected chi connectivity index (χ2v) is 0.866. The van der Waals surface area contributed by atoms with Gasteiger partial charge in [-0.05, 0) is 0 Å². The predicted octanol–water partition coefficient (Wildman–Crippen LogP) is -12.2. The summed E-state index contributed by atoms with van der Waals surface area (Å²) in [7, 11) is -8.75. The average Bonchev–Trinajstić information content (AvgIpc) is 1.54. The van der Waals surface area contributed by atoms with Crippen LogP contribution in [0.5, 0.6) is 0 Å². The van der Waals surface area contributed by atoms with Gasteiger partial charge in [0.15, 0.2) is 0 Å². The molecule has 0 rings (SSSR count). The number of hydrogen-bond donors (Lipinski definition) is 0. The molecular weight excluding hydrogens is 556 g/mol. The zero-order valence-corrected chi connectivity index (χ0v) is 15.2. The van der Waals surface area contributed by atoms with Crippen LogP contribution in [0.2, 0.25) is 0 Å². The third kappa shape index (κ3) is 707. The van der Waals surface area contributed by atoms with Crippen LogP contribution in [0.1, 0.15) is 0 Å². The van der Waals surface area contributed by atoms with Crippen LogP contribution >= 0.6 is 0 Å². The van der Waals surface area contributed by atoms with E-state index < -0.39 is 22.0 Å². The summed E-state index contributed by atoms with van der Waals surface area (Å²) in [4.78, 5) is 0. The predicted molar refractivity (Wildman–Crippen MR) is 23.0 cm³/mol. The van der Waals surface area contributed by atoms with Crippen LogP contribution in [0.4, 0.5) is 0 Å². The van der Waals surface area contributed by atoms with Gasteiger partial charge in [-0.1, -0.05) is 0 Å². The van der Waals surface area contributed by atoms with Crippen molar-refractivity contribution < 1.29 is 145 Å². The van der Waals surface area contributed by atoms with Gasteiger partial charge >= 0.3 is 66.8 Å². The quantitative estimate of drug-likeness (QED) is 0.259. The molecule has 123 valence electrons. The summed E-state index contributed by atoms with van der Waals surface area (Å²) in [6, 6.07) is 0. The van der Waals surface area contributed by atoms with Gasteiger partial charge in [0.05, 0.1) is 0 Å². The summed E-state index contributed by atoms with van der Waals surface area (Å²) >= 11 is 0. The van der Waals surface area contributed by atoms with Gasteiger partial charge < -0.3 is 45.2 Å². The first-order valence-corrected chi connectivity index (χ1v) is 2.12. The minimum atomic E-state index is -2.92. The van der Waals surface area contributed by atoms with Gasteiger partial charge in [0.25, 0.3) is 0 Å². The van der Waals surface area contributed by atoms with Crippen molar-refractivity contribution >= 4 is 39.3 Å². The monoisotopic (exact) mass is 555 g/mol. The maximum atomic E-state index is 8.42. The van der Waals surface area contributed by atoms with E-state index in [1.807, 2.05) is 0 Å². The molecule has 0 aromatic heterocycles. The van der Waals surface area contributed by atoms with Crippen LogP contribution in [0.15, 0.2) is 0 Å². The van der Waals surface area contributed by atoms with Crippen molar-refractivity contribution in [3.05, 3.63) is 0 Å². The Bertz CT molecular complexity index is 66.4. The smallest absolute Gasteiger partial charge is 0.907 e. The van der Waals surface area contributed by atoms with Crippen LogP contribution < -0.4 is 45.2 Å². The Hall–Kier alpha value is 3.37. The summed E-state index contributed by atoms with van der Waals surface area (Å²) < 4.78 is 0. The standard InChI is InChI=1S/Al.3BO3.3Co.3Ni/c;3*2-1(3)4;;;;;;/q+3;3*-3;;;;3*+2. The molecule has 0 aromatic carbocycles. The second kappa shape index (κ2) is 58.0. The first-order chi connectivity index (χ1) is 5.20. The molecule has 0 fully saturated rings. The Morgan fingerprint density at radius 2 is 0.368 bits per heavy atom. The molecule has 0 saturated heterocycles. The van der Waals surface area contributed by atoms with E-state index in [0.29, 0.717) is 0 Å². The molecule has 0 aliphatic carbocycles. The molecule has 9 nitrogen and oxygen atoms in total. The molecule has 0 atom stereocenters. The summed E-state index contributed by atoms with van der Waals surface area (Å²) in [6.07, 6.45) is 0. The van der Waals surface area contributed by atoms with E-state index in [2.05, 4.69) is 0 Å². The maximum absolute atomic E-state index is 8.42. The molecule has 19 heavy (non-hydrogen) atoms. The van der Waals surface area contributed by atoms with Gasteiger partial charge in [-0.2, -0.15) is 0 Å². The number of rotatable bonds is 0. The van der Waals surface area contributed by atoms with E-state index in [9.17, 15) is 0 Å². The average molecular weight is 556 g/mol. The molecule has 0 amide bonds. The molecular formula is AlB3Co3Ni3O9. The fraction of sp³-hybridized carbons (Fsp3) is 0. The largest absolute Gasteiger partial charge is 3.00 e. The van der Waals surface area contributed by atoms with E-state index in [1.165, 1.54) is 0 Å². The van der Waals surface area contributed by atoms with E-state index in [4.69, 9.17) is 45.2 Å². The van der Waals surface area contributed by atoms with Crippen molar-refractivity contribution in [2.75, 3.05) is 0 Å². The Morgan fingerprint density at radius 1 is 0.368 bits per heavy atom. The summed E-state index contributed by atoms with van der Waals surface area (Å²) in [5.41, 5.74) is 0. The molecule has 0 N–H and O–H groups in total. The van der Waals surface area contributed by atoms with Crippen molar-refractivity contribution in [2.24, 2.45) is 0 Å². The van der Waals surface area contributed by atoms with E-state index in [0.717, 1.165) is 0 Å².